The molecule has 0 saturated carbocycles. The zero-order chi connectivity index (χ0) is 17.7. The lowest BCUT2D eigenvalue weighted by Crippen LogP contribution is -2.51. The van der Waals surface area contributed by atoms with Crippen LogP contribution >= 0.6 is 0 Å². The number of benzene rings is 2. The van der Waals surface area contributed by atoms with E-state index in [1.807, 2.05) is 0 Å². The molecule has 2 atom stereocenters. The van der Waals surface area contributed by atoms with Crippen molar-refractivity contribution in [3.05, 3.63) is 59.9 Å². The van der Waals surface area contributed by atoms with Crippen molar-refractivity contribution in [2.24, 2.45) is 0 Å². The summed E-state index contributed by atoms with van der Waals surface area (Å²) in [5.74, 6) is -1.24. The van der Waals surface area contributed by atoms with Crippen molar-refractivity contribution >= 4 is 5.97 Å². The van der Waals surface area contributed by atoms with Crippen molar-refractivity contribution in [2.75, 3.05) is 0 Å². The highest BCUT2D eigenvalue weighted by atomic mass is 19.1. The fourth-order valence-corrected chi connectivity index (χ4v) is 2.07. The molecule has 2 rings (SSSR count). The molecule has 0 heterocycles. The normalized spacial score (nSPS) is 14.6. The second-order valence-corrected chi connectivity index (χ2v) is 5.59. The van der Waals surface area contributed by atoms with Crippen LogP contribution in [-0.4, -0.2) is 27.9 Å². The second-order valence-electron chi connectivity index (χ2n) is 5.59. The Morgan fingerprint density at radius 1 is 1.25 bits per heavy atom. The number of carboxylic acids is 1. The molecule has 2 N–H and O–H groups in total. The molecule has 0 aliphatic rings. The Hall–Kier alpha value is -2.60. The molecule has 128 valence electrons. The monoisotopic (exact) mass is 334 g/mol. The lowest BCUT2D eigenvalue weighted by molar-refractivity contribution is -0.168. The van der Waals surface area contributed by atoms with Gasteiger partial charge in [-0.2, -0.15) is 0 Å². The van der Waals surface area contributed by atoms with Crippen LogP contribution in [0.25, 0.3) is 0 Å². The zero-order valence-electron chi connectivity index (χ0n) is 13.4. The maximum Gasteiger partial charge on any atom is 0.350 e. The molecule has 2 aromatic rings. The van der Waals surface area contributed by atoms with Gasteiger partial charge in [-0.1, -0.05) is 12.1 Å². The highest BCUT2D eigenvalue weighted by molar-refractivity contribution is 5.78. The molecule has 6 heteroatoms. The van der Waals surface area contributed by atoms with E-state index >= 15 is 0 Å². The standard InChI is InChI=1S/C18H19FO5/c1-12(23-11-13-4-3-5-14(19)10-13)18(2,17(21)22)24-16-8-6-15(20)7-9-16/h3-10,12,20H,11H2,1-2H3,(H,21,22). The number of hydrogen-bond acceptors (Lipinski definition) is 4. The molecule has 0 aliphatic carbocycles. The predicted octanol–water partition coefficient (Wildman–Crippen LogP) is 3.36. The van der Waals surface area contributed by atoms with E-state index in [1.165, 1.54) is 43.3 Å². The minimum atomic E-state index is -1.65. The van der Waals surface area contributed by atoms with Crippen LogP contribution in [0.2, 0.25) is 0 Å². The Kier molecular flexibility index (Phi) is 5.41. The van der Waals surface area contributed by atoms with Crippen molar-refractivity contribution < 1.29 is 28.9 Å². The zero-order valence-corrected chi connectivity index (χ0v) is 13.4. The molecule has 0 saturated heterocycles. The second kappa shape index (κ2) is 7.31. The summed E-state index contributed by atoms with van der Waals surface area (Å²) in [5, 5.41) is 18.8. The number of ether oxygens (including phenoxy) is 2. The van der Waals surface area contributed by atoms with E-state index in [0.29, 0.717) is 11.3 Å². The molecule has 24 heavy (non-hydrogen) atoms. The summed E-state index contributed by atoms with van der Waals surface area (Å²) in [5.41, 5.74) is -1.05. The van der Waals surface area contributed by atoms with E-state index in [-0.39, 0.29) is 18.2 Å². The third-order valence-electron chi connectivity index (χ3n) is 3.76. The topological polar surface area (TPSA) is 76.0 Å². The van der Waals surface area contributed by atoms with Gasteiger partial charge in [0.05, 0.1) is 6.61 Å². The summed E-state index contributed by atoms with van der Waals surface area (Å²) in [4.78, 5) is 11.7. The maximum atomic E-state index is 13.2. The first-order valence-corrected chi connectivity index (χ1v) is 7.39. The van der Waals surface area contributed by atoms with Gasteiger partial charge in [-0.05, 0) is 55.8 Å². The van der Waals surface area contributed by atoms with Gasteiger partial charge in [0.15, 0.2) is 0 Å². The highest BCUT2D eigenvalue weighted by Crippen LogP contribution is 2.26. The van der Waals surface area contributed by atoms with Crippen molar-refractivity contribution in [2.45, 2.75) is 32.2 Å². The molecule has 0 radical (unpaired) electrons. The summed E-state index contributed by atoms with van der Waals surface area (Å²) in [6.45, 7) is 3.03. The van der Waals surface area contributed by atoms with Gasteiger partial charge in [-0.15, -0.1) is 0 Å². The predicted molar refractivity (Wildman–Crippen MR) is 85.4 cm³/mol. The summed E-state index contributed by atoms with van der Waals surface area (Å²) >= 11 is 0. The lowest BCUT2D eigenvalue weighted by atomic mass is 10.00. The maximum absolute atomic E-state index is 13.2. The van der Waals surface area contributed by atoms with Gasteiger partial charge in [0.2, 0.25) is 5.60 Å². The summed E-state index contributed by atoms with van der Waals surface area (Å²) in [7, 11) is 0. The number of carbonyl (C=O) groups is 1. The minimum Gasteiger partial charge on any atom is -0.508 e. The van der Waals surface area contributed by atoms with Crippen LogP contribution in [0.5, 0.6) is 11.5 Å². The molecule has 0 aromatic heterocycles. The molecule has 5 nitrogen and oxygen atoms in total. The molecule has 0 amide bonds. The largest absolute Gasteiger partial charge is 0.508 e. The SMILES string of the molecule is CC(OCc1cccc(F)c1)C(C)(Oc1ccc(O)cc1)C(=O)O. The molecule has 0 fully saturated rings. The van der Waals surface area contributed by atoms with Crippen LogP contribution < -0.4 is 4.74 Å². The van der Waals surface area contributed by atoms with Crippen LogP contribution in [0.3, 0.4) is 0 Å². The van der Waals surface area contributed by atoms with E-state index in [0.717, 1.165) is 0 Å². The van der Waals surface area contributed by atoms with Crippen LogP contribution in [-0.2, 0) is 16.1 Å². The smallest absolute Gasteiger partial charge is 0.350 e. The van der Waals surface area contributed by atoms with Gasteiger partial charge in [-0.3, -0.25) is 0 Å². The van der Waals surface area contributed by atoms with Crippen LogP contribution in [0.15, 0.2) is 48.5 Å². The quantitative estimate of drug-likeness (QED) is 0.812. The van der Waals surface area contributed by atoms with Gasteiger partial charge in [-0.25, -0.2) is 9.18 Å². The first-order chi connectivity index (χ1) is 11.3. The van der Waals surface area contributed by atoms with Crippen molar-refractivity contribution in [1.29, 1.82) is 0 Å². The third-order valence-corrected chi connectivity index (χ3v) is 3.76. The molecular formula is C18H19FO5. The van der Waals surface area contributed by atoms with Gasteiger partial charge < -0.3 is 19.7 Å². The van der Waals surface area contributed by atoms with E-state index in [9.17, 15) is 19.4 Å². The molecule has 2 unspecified atom stereocenters. The number of halogens is 1. The number of carboxylic acid groups (broad SMARTS) is 1. The van der Waals surface area contributed by atoms with E-state index in [4.69, 9.17) is 9.47 Å². The van der Waals surface area contributed by atoms with Crippen LogP contribution in [0, 0.1) is 5.82 Å². The first kappa shape index (κ1) is 17.7. The number of phenols is 1. The first-order valence-electron chi connectivity index (χ1n) is 7.39. The van der Waals surface area contributed by atoms with Gasteiger partial charge in [0, 0.05) is 0 Å². The molecule has 0 aliphatic heterocycles. The average molecular weight is 334 g/mol. The molecule has 0 bridgehead atoms. The Bertz CT molecular complexity index is 701. The number of aromatic hydroxyl groups is 1. The third kappa shape index (κ3) is 4.23. The minimum absolute atomic E-state index is 0.0507. The van der Waals surface area contributed by atoms with E-state index in [1.54, 1.807) is 19.1 Å². The Balaban J connectivity index is 2.09. The number of rotatable bonds is 7. The fraction of sp³-hybridized carbons (Fsp3) is 0.278. The summed E-state index contributed by atoms with van der Waals surface area (Å²) in [6, 6.07) is 11.6. The van der Waals surface area contributed by atoms with E-state index in [2.05, 4.69) is 0 Å². The molecule has 2 aromatic carbocycles. The average Bonchev–Trinajstić information content (AvgIpc) is 2.54. The fourth-order valence-electron chi connectivity index (χ4n) is 2.07. The van der Waals surface area contributed by atoms with Crippen molar-refractivity contribution in [1.82, 2.24) is 0 Å². The summed E-state index contributed by atoms with van der Waals surface area (Å²) < 4.78 is 24.3. The molecule has 0 spiro atoms. The van der Waals surface area contributed by atoms with E-state index < -0.39 is 17.7 Å². The Morgan fingerprint density at radius 2 is 1.92 bits per heavy atom. The Morgan fingerprint density at radius 3 is 2.50 bits per heavy atom. The molecular weight excluding hydrogens is 315 g/mol. The van der Waals surface area contributed by atoms with Crippen LogP contribution in [0.4, 0.5) is 4.39 Å². The Labute approximate surface area is 139 Å². The highest BCUT2D eigenvalue weighted by Gasteiger charge is 2.42. The van der Waals surface area contributed by atoms with Crippen LogP contribution in [0.1, 0.15) is 19.4 Å². The van der Waals surface area contributed by atoms with Crippen molar-refractivity contribution in [3.8, 4) is 11.5 Å². The van der Waals surface area contributed by atoms with Gasteiger partial charge in [0.25, 0.3) is 0 Å². The number of aliphatic carboxylic acids is 1. The summed E-state index contributed by atoms with van der Waals surface area (Å²) in [6.07, 6.45) is -0.813. The van der Waals surface area contributed by atoms with Gasteiger partial charge >= 0.3 is 5.97 Å². The van der Waals surface area contributed by atoms with Crippen molar-refractivity contribution in [3.63, 3.8) is 0 Å². The lowest BCUT2D eigenvalue weighted by Gasteiger charge is -2.32. The number of hydrogen-bond donors (Lipinski definition) is 2. The van der Waals surface area contributed by atoms with Gasteiger partial charge in [0.1, 0.15) is 23.4 Å². The number of phenolic OH excluding ortho intramolecular Hbond substituents is 1.